The molecule has 3 rings (SSSR count). The first-order valence-corrected chi connectivity index (χ1v) is 8.83. The van der Waals surface area contributed by atoms with Gasteiger partial charge in [-0.25, -0.2) is 9.78 Å². The number of amides is 1. The molecule has 7 nitrogen and oxygen atoms in total. The highest BCUT2D eigenvalue weighted by Crippen LogP contribution is 2.50. The number of carbonyl (C=O) groups is 3. The molecule has 1 aromatic heterocycles. The average Bonchev–Trinajstić information content (AvgIpc) is 3.21. The van der Waals surface area contributed by atoms with E-state index in [2.05, 4.69) is 4.98 Å². The van der Waals surface area contributed by atoms with Crippen molar-refractivity contribution < 1.29 is 32.7 Å². The minimum absolute atomic E-state index is 0.0623. The van der Waals surface area contributed by atoms with Gasteiger partial charge in [0.15, 0.2) is 16.2 Å². The number of ketones is 1. The monoisotopic (exact) mass is 391 g/mol. The molecule has 2 fully saturated rings. The quantitative estimate of drug-likeness (QED) is 0.845. The molecule has 0 aromatic carbocycles. The van der Waals surface area contributed by atoms with Crippen LogP contribution in [0.3, 0.4) is 0 Å². The van der Waals surface area contributed by atoms with Crippen LogP contribution in [0.2, 0.25) is 0 Å². The number of anilines is 1. The fraction of sp³-hybridized carbons (Fsp3) is 0.600. The summed E-state index contributed by atoms with van der Waals surface area (Å²) in [6.07, 6.45) is -6.28. The topological polar surface area (TPSA) is 90.8 Å². The van der Waals surface area contributed by atoms with E-state index in [0.29, 0.717) is 5.13 Å². The lowest BCUT2D eigenvalue weighted by Crippen LogP contribution is -2.56. The van der Waals surface area contributed by atoms with Crippen molar-refractivity contribution in [3.05, 3.63) is 11.1 Å². The number of halogens is 3. The third-order valence-corrected chi connectivity index (χ3v) is 5.73. The number of hydrogen-bond donors (Lipinski definition) is 1. The van der Waals surface area contributed by atoms with Gasteiger partial charge in [0.1, 0.15) is 5.78 Å². The first-order chi connectivity index (χ1) is 12.1. The highest BCUT2D eigenvalue weighted by atomic mass is 32.1. The van der Waals surface area contributed by atoms with Crippen molar-refractivity contribution in [1.29, 1.82) is 0 Å². The number of Topliss-reactive ketones (excluding diaryl/α,β-unsaturated/α-hetero) is 1. The summed E-state index contributed by atoms with van der Waals surface area (Å²) in [4.78, 5) is 41.8. The smallest absolute Gasteiger partial charge is 0.403 e. The van der Waals surface area contributed by atoms with Crippen LogP contribution < -0.4 is 4.90 Å². The summed E-state index contributed by atoms with van der Waals surface area (Å²) >= 11 is 1.13. The molecular weight excluding hydrogens is 375 g/mol. The zero-order chi connectivity index (χ0) is 19.1. The Bertz CT molecular complexity index is 743. The van der Waals surface area contributed by atoms with Crippen molar-refractivity contribution in [2.24, 2.45) is 5.41 Å². The fourth-order valence-electron chi connectivity index (χ4n) is 3.32. The number of piperazine rings is 1. The Hall–Kier alpha value is -2.17. The summed E-state index contributed by atoms with van der Waals surface area (Å²) < 4.78 is 40.6. The first-order valence-electron chi connectivity index (χ1n) is 7.95. The molecule has 1 amide bonds. The van der Waals surface area contributed by atoms with Gasteiger partial charge in [0.2, 0.25) is 5.91 Å². The summed E-state index contributed by atoms with van der Waals surface area (Å²) in [5.41, 5.74) is -2.70. The number of hydrogen-bond acceptors (Lipinski definition) is 6. The summed E-state index contributed by atoms with van der Waals surface area (Å²) in [7, 11) is 0. The van der Waals surface area contributed by atoms with Crippen LogP contribution in [-0.4, -0.2) is 65.0 Å². The van der Waals surface area contributed by atoms with E-state index in [4.69, 9.17) is 5.11 Å². The molecule has 11 heteroatoms. The second kappa shape index (κ2) is 6.53. The third-order valence-electron chi connectivity index (χ3n) is 4.83. The lowest BCUT2D eigenvalue weighted by Gasteiger charge is -2.40. The van der Waals surface area contributed by atoms with Gasteiger partial charge in [-0.2, -0.15) is 13.2 Å². The summed E-state index contributed by atoms with van der Waals surface area (Å²) in [5, 5.41) is 10.7. The molecule has 1 aliphatic carbocycles. The van der Waals surface area contributed by atoms with E-state index >= 15 is 0 Å². The molecule has 1 atom stereocenters. The van der Waals surface area contributed by atoms with E-state index in [1.54, 1.807) is 4.90 Å². The van der Waals surface area contributed by atoms with Crippen LogP contribution in [-0.2, 0) is 9.59 Å². The molecule has 0 spiro atoms. The van der Waals surface area contributed by atoms with Gasteiger partial charge in [0.25, 0.3) is 0 Å². The summed E-state index contributed by atoms with van der Waals surface area (Å²) in [6.45, 7) is 0.625. The van der Waals surface area contributed by atoms with E-state index in [-0.39, 0.29) is 38.3 Å². The molecular formula is C15H16F3N3O4S. The molecule has 1 saturated carbocycles. The molecule has 26 heavy (non-hydrogen) atoms. The Labute approximate surface area is 150 Å². The Morgan fingerprint density at radius 2 is 1.88 bits per heavy atom. The van der Waals surface area contributed by atoms with Crippen molar-refractivity contribution >= 4 is 34.1 Å². The predicted molar refractivity (Wildman–Crippen MR) is 85.2 cm³/mol. The van der Waals surface area contributed by atoms with Crippen molar-refractivity contribution in [3.63, 3.8) is 0 Å². The van der Waals surface area contributed by atoms with Gasteiger partial charge in [0, 0.05) is 44.4 Å². The Kier molecular flexibility index (Phi) is 4.67. The third kappa shape index (κ3) is 3.15. The number of carboxylic acid groups (broad SMARTS) is 1. The van der Waals surface area contributed by atoms with Crippen molar-refractivity contribution in [2.45, 2.75) is 25.4 Å². The molecule has 1 saturated heterocycles. The van der Waals surface area contributed by atoms with Gasteiger partial charge in [0.05, 0.1) is 0 Å². The molecule has 2 aliphatic rings. The van der Waals surface area contributed by atoms with Gasteiger partial charge in [-0.15, -0.1) is 11.3 Å². The molecule has 142 valence electrons. The lowest BCUT2D eigenvalue weighted by molar-refractivity contribution is -0.225. The molecule has 1 aromatic rings. The maximum Gasteiger partial charge on any atom is 0.403 e. The second-order valence-corrected chi connectivity index (χ2v) is 7.23. The van der Waals surface area contributed by atoms with Crippen LogP contribution in [0, 0.1) is 5.41 Å². The molecule has 0 bridgehead atoms. The SMILES string of the molecule is O=C1CCC(C(=O)N2CCN(c3nc(C(=O)O)cs3)CC2)(C(F)(F)F)C1. The highest BCUT2D eigenvalue weighted by molar-refractivity contribution is 7.13. The van der Waals surface area contributed by atoms with E-state index < -0.39 is 42.1 Å². The normalized spacial score (nSPS) is 24.2. The van der Waals surface area contributed by atoms with Gasteiger partial charge in [-0.3, -0.25) is 9.59 Å². The van der Waals surface area contributed by atoms with Crippen LogP contribution >= 0.6 is 11.3 Å². The first kappa shape index (κ1) is 18.6. The lowest BCUT2D eigenvalue weighted by atomic mass is 9.83. The standard InChI is InChI=1S/C15H16F3N3O4S/c16-15(17,18)14(2-1-9(22)7-14)12(25)20-3-5-21(6-4-20)13-19-10(8-26-13)11(23)24/h8H,1-7H2,(H,23,24). The summed E-state index contributed by atoms with van der Waals surface area (Å²) in [5.74, 6) is -2.74. The van der Waals surface area contributed by atoms with E-state index in [1.165, 1.54) is 5.38 Å². The van der Waals surface area contributed by atoms with E-state index in [9.17, 15) is 27.6 Å². The zero-order valence-corrected chi connectivity index (χ0v) is 14.4. The van der Waals surface area contributed by atoms with Crippen molar-refractivity contribution in [3.8, 4) is 0 Å². The van der Waals surface area contributed by atoms with Gasteiger partial charge < -0.3 is 14.9 Å². The number of aromatic nitrogens is 1. The highest BCUT2D eigenvalue weighted by Gasteiger charge is 2.64. The van der Waals surface area contributed by atoms with Crippen molar-refractivity contribution in [2.75, 3.05) is 31.1 Å². The maximum absolute atomic E-state index is 13.5. The molecule has 2 heterocycles. The minimum Gasteiger partial charge on any atom is -0.476 e. The van der Waals surface area contributed by atoms with Crippen LogP contribution in [0.4, 0.5) is 18.3 Å². The van der Waals surface area contributed by atoms with Crippen LogP contribution in [0.1, 0.15) is 29.8 Å². The number of carbonyl (C=O) groups excluding carboxylic acids is 2. The number of carboxylic acids is 1. The molecule has 1 aliphatic heterocycles. The number of nitrogens with zero attached hydrogens (tertiary/aromatic N) is 3. The van der Waals surface area contributed by atoms with Gasteiger partial charge in [-0.05, 0) is 6.42 Å². The fourth-order valence-corrected chi connectivity index (χ4v) is 4.18. The van der Waals surface area contributed by atoms with Crippen LogP contribution in [0.25, 0.3) is 0 Å². The average molecular weight is 391 g/mol. The maximum atomic E-state index is 13.5. The van der Waals surface area contributed by atoms with Crippen LogP contribution in [0.15, 0.2) is 5.38 Å². The predicted octanol–water partition coefficient (Wildman–Crippen LogP) is 1.79. The van der Waals surface area contributed by atoms with Gasteiger partial charge in [-0.1, -0.05) is 0 Å². The number of alkyl halides is 3. The van der Waals surface area contributed by atoms with E-state index in [0.717, 1.165) is 16.2 Å². The second-order valence-electron chi connectivity index (χ2n) is 6.40. The molecule has 1 N–H and O–H groups in total. The largest absolute Gasteiger partial charge is 0.476 e. The summed E-state index contributed by atoms with van der Waals surface area (Å²) in [6, 6.07) is 0. The number of thiazole rings is 1. The zero-order valence-electron chi connectivity index (χ0n) is 13.6. The van der Waals surface area contributed by atoms with Crippen LogP contribution in [0.5, 0.6) is 0 Å². The van der Waals surface area contributed by atoms with E-state index in [1.807, 2.05) is 0 Å². The molecule has 1 unspecified atom stereocenters. The number of aromatic carboxylic acids is 1. The Balaban J connectivity index is 1.69. The minimum atomic E-state index is -4.76. The Morgan fingerprint density at radius 1 is 1.23 bits per heavy atom. The number of rotatable bonds is 3. The van der Waals surface area contributed by atoms with Gasteiger partial charge >= 0.3 is 12.1 Å². The molecule has 0 radical (unpaired) electrons. The van der Waals surface area contributed by atoms with Crippen molar-refractivity contribution in [1.82, 2.24) is 9.88 Å². The Morgan fingerprint density at radius 3 is 2.35 bits per heavy atom.